The molecule has 0 saturated heterocycles. The van der Waals surface area contributed by atoms with E-state index < -0.39 is 0 Å². The van der Waals surface area contributed by atoms with E-state index in [0.717, 1.165) is 53.0 Å². The molecule has 2 amide bonds. The predicted octanol–water partition coefficient (Wildman–Crippen LogP) is 7.99. The number of amides is 2. The van der Waals surface area contributed by atoms with Crippen LogP contribution in [0.3, 0.4) is 0 Å². The van der Waals surface area contributed by atoms with Gasteiger partial charge in [0.05, 0.1) is 6.04 Å². The van der Waals surface area contributed by atoms with E-state index in [9.17, 15) is 4.79 Å². The molecule has 0 bridgehead atoms. The number of nitrogens with one attached hydrogen (secondary N) is 1. The molecular weight excluding hydrogens is 456 g/mol. The molecule has 1 unspecified atom stereocenters. The van der Waals surface area contributed by atoms with Crippen LogP contribution >= 0.6 is 0 Å². The Bertz CT molecular complexity index is 1330. The molecule has 0 spiro atoms. The number of hydrogen-bond acceptors (Lipinski definition) is 2. The van der Waals surface area contributed by atoms with Crippen LogP contribution in [-0.4, -0.2) is 10.9 Å². The number of aryl methyl sites for hydroxylation is 3. The van der Waals surface area contributed by atoms with Crippen LogP contribution in [0.2, 0.25) is 0 Å². The fourth-order valence-corrected chi connectivity index (χ4v) is 5.19. The van der Waals surface area contributed by atoms with Crippen molar-refractivity contribution in [3.63, 3.8) is 0 Å². The highest BCUT2D eigenvalue weighted by molar-refractivity contribution is 5.91. The molecule has 5 rings (SSSR count). The molecule has 0 radical (unpaired) electrons. The number of anilines is 1. The highest BCUT2D eigenvalue weighted by Gasteiger charge is 2.30. The van der Waals surface area contributed by atoms with Crippen molar-refractivity contribution >= 4 is 11.7 Å². The zero-order valence-electron chi connectivity index (χ0n) is 21.6. The summed E-state index contributed by atoms with van der Waals surface area (Å²) >= 11 is 0. The molecule has 0 aromatic heterocycles. The molecule has 1 aliphatic carbocycles. The Kier molecular flexibility index (Phi) is 7.55. The smallest absolute Gasteiger partial charge is 0.322 e. The molecule has 188 valence electrons. The van der Waals surface area contributed by atoms with Gasteiger partial charge in [0, 0.05) is 12.2 Å². The van der Waals surface area contributed by atoms with Crippen molar-refractivity contribution < 1.29 is 9.53 Å². The maximum absolute atomic E-state index is 13.8. The third-order valence-electron chi connectivity index (χ3n) is 7.21. The first-order valence-corrected chi connectivity index (χ1v) is 13.1. The molecule has 1 N–H and O–H groups in total. The quantitative estimate of drug-likeness (QED) is 0.285. The van der Waals surface area contributed by atoms with Crippen LogP contribution in [0, 0.1) is 13.8 Å². The van der Waals surface area contributed by atoms with E-state index in [0.29, 0.717) is 13.2 Å². The van der Waals surface area contributed by atoms with Gasteiger partial charge in [-0.15, -0.1) is 0 Å². The van der Waals surface area contributed by atoms with Crippen molar-refractivity contribution in [1.29, 1.82) is 0 Å². The first-order chi connectivity index (χ1) is 18.1. The van der Waals surface area contributed by atoms with Gasteiger partial charge < -0.3 is 15.0 Å². The molecular formula is C33H34N2O2. The number of rotatable bonds is 7. The lowest BCUT2D eigenvalue weighted by atomic mass is 9.86. The Balaban J connectivity index is 1.38. The maximum atomic E-state index is 13.8. The minimum absolute atomic E-state index is 0.0308. The molecule has 1 atom stereocenters. The average molecular weight is 491 g/mol. The van der Waals surface area contributed by atoms with Crippen molar-refractivity contribution in [3.8, 4) is 5.75 Å². The summed E-state index contributed by atoms with van der Waals surface area (Å²) in [4.78, 5) is 15.9. The number of carbonyl (C=O) groups is 1. The van der Waals surface area contributed by atoms with Crippen LogP contribution in [-0.2, 0) is 19.6 Å². The Hall–Kier alpha value is -4.05. The van der Waals surface area contributed by atoms with Crippen molar-refractivity contribution in [2.75, 3.05) is 5.32 Å². The normalized spacial score (nSPS) is 14.5. The fraction of sp³-hybridized carbons (Fsp3) is 0.242. The number of carbonyl (C=O) groups excluding carboxylic acids is 1. The summed E-state index contributed by atoms with van der Waals surface area (Å²) in [5, 5.41) is 3.24. The summed E-state index contributed by atoms with van der Waals surface area (Å²) in [7, 11) is 0. The molecule has 4 aromatic carbocycles. The number of fused-ring (bicyclic) bond motifs is 1. The van der Waals surface area contributed by atoms with E-state index >= 15 is 0 Å². The molecule has 4 nitrogen and oxygen atoms in total. The van der Waals surface area contributed by atoms with Crippen molar-refractivity contribution in [3.05, 3.63) is 130 Å². The summed E-state index contributed by atoms with van der Waals surface area (Å²) < 4.78 is 5.97. The highest BCUT2D eigenvalue weighted by atomic mass is 16.5. The van der Waals surface area contributed by atoms with Crippen molar-refractivity contribution in [2.24, 2.45) is 0 Å². The van der Waals surface area contributed by atoms with E-state index in [1.54, 1.807) is 0 Å². The lowest BCUT2D eigenvalue weighted by Gasteiger charge is -2.36. The van der Waals surface area contributed by atoms with Gasteiger partial charge in [-0.05, 0) is 78.6 Å². The molecule has 1 aliphatic rings. The van der Waals surface area contributed by atoms with Gasteiger partial charge in [0.15, 0.2) is 0 Å². The van der Waals surface area contributed by atoms with Crippen LogP contribution in [0.5, 0.6) is 5.75 Å². The van der Waals surface area contributed by atoms with E-state index in [2.05, 4.69) is 53.8 Å². The molecule has 0 fully saturated rings. The van der Waals surface area contributed by atoms with Crippen LogP contribution in [0.15, 0.2) is 97.1 Å². The Labute approximate surface area is 219 Å². The summed E-state index contributed by atoms with van der Waals surface area (Å²) in [6.45, 7) is 5.13. The molecule has 4 aromatic rings. The number of ether oxygens (including phenoxy) is 1. The summed E-state index contributed by atoms with van der Waals surface area (Å²) in [5.41, 5.74) is 7.84. The maximum Gasteiger partial charge on any atom is 0.322 e. The number of para-hydroxylation sites is 1. The third kappa shape index (κ3) is 5.86. The summed E-state index contributed by atoms with van der Waals surface area (Å²) in [6, 6.07) is 32.9. The van der Waals surface area contributed by atoms with Crippen LogP contribution in [0.1, 0.15) is 52.3 Å². The Morgan fingerprint density at radius 2 is 1.54 bits per heavy atom. The number of nitrogens with zero attached hydrogens (tertiary/aromatic N) is 1. The molecule has 0 saturated carbocycles. The third-order valence-corrected chi connectivity index (χ3v) is 7.21. The lowest BCUT2D eigenvalue weighted by molar-refractivity contribution is 0.175. The number of benzene rings is 4. The van der Waals surface area contributed by atoms with Crippen LogP contribution in [0.4, 0.5) is 10.5 Å². The van der Waals surface area contributed by atoms with Gasteiger partial charge in [-0.3, -0.25) is 0 Å². The summed E-state index contributed by atoms with van der Waals surface area (Å²) in [5.74, 6) is 0.821. The Morgan fingerprint density at radius 1 is 0.838 bits per heavy atom. The fourth-order valence-electron chi connectivity index (χ4n) is 5.19. The molecule has 4 heteroatoms. The molecule has 0 aliphatic heterocycles. The van der Waals surface area contributed by atoms with Gasteiger partial charge in [0.1, 0.15) is 12.4 Å². The zero-order valence-corrected chi connectivity index (χ0v) is 21.6. The van der Waals surface area contributed by atoms with Crippen LogP contribution < -0.4 is 10.1 Å². The number of hydrogen-bond donors (Lipinski definition) is 1. The second-order valence-corrected chi connectivity index (χ2v) is 9.85. The molecule has 37 heavy (non-hydrogen) atoms. The minimum Gasteiger partial charge on any atom is -0.489 e. The topological polar surface area (TPSA) is 41.6 Å². The van der Waals surface area contributed by atoms with Gasteiger partial charge in [-0.25, -0.2) is 4.79 Å². The predicted molar refractivity (Wildman–Crippen MR) is 150 cm³/mol. The zero-order chi connectivity index (χ0) is 25.6. The largest absolute Gasteiger partial charge is 0.489 e. The van der Waals surface area contributed by atoms with Gasteiger partial charge in [0.2, 0.25) is 0 Å². The number of urea groups is 1. The lowest BCUT2D eigenvalue weighted by Crippen LogP contribution is -2.39. The summed E-state index contributed by atoms with van der Waals surface area (Å²) in [6.07, 6.45) is 3.09. The van der Waals surface area contributed by atoms with E-state index in [1.807, 2.05) is 67.3 Å². The van der Waals surface area contributed by atoms with E-state index in [4.69, 9.17) is 4.74 Å². The Morgan fingerprint density at radius 3 is 2.30 bits per heavy atom. The van der Waals surface area contributed by atoms with Crippen molar-refractivity contribution in [1.82, 2.24) is 4.90 Å². The monoisotopic (exact) mass is 490 g/mol. The van der Waals surface area contributed by atoms with Crippen LogP contribution in [0.25, 0.3) is 0 Å². The van der Waals surface area contributed by atoms with Gasteiger partial charge in [0.25, 0.3) is 0 Å². The first kappa shape index (κ1) is 24.6. The molecule has 0 heterocycles. The first-order valence-electron chi connectivity index (χ1n) is 13.1. The van der Waals surface area contributed by atoms with E-state index in [1.165, 1.54) is 11.1 Å². The van der Waals surface area contributed by atoms with E-state index in [-0.39, 0.29) is 12.1 Å². The van der Waals surface area contributed by atoms with Gasteiger partial charge >= 0.3 is 6.03 Å². The van der Waals surface area contributed by atoms with Crippen molar-refractivity contribution in [2.45, 2.75) is 52.3 Å². The van der Waals surface area contributed by atoms with Gasteiger partial charge in [-0.2, -0.15) is 0 Å². The SMILES string of the molecule is Cc1cccc(C)c1NC(=O)N(Cc1ccc(OCc2ccccc2)cc1)C1CCCc2ccccc21. The second kappa shape index (κ2) is 11.3. The minimum atomic E-state index is -0.0662. The van der Waals surface area contributed by atoms with Gasteiger partial charge in [-0.1, -0.05) is 84.9 Å². The highest BCUT2D eigenvalue weighted by Crippen LogP contribution is 2.36. The standard InChI is InChI=1S/C33H34N2O2/c1-24-10-8-11-25(2)32(24)34-33(36)35(31-17-9-15-28-14-6-7-16-30(28)31)22-26-18-20-29(21-19-26)37-23-27-12-4-3-5-13-27/h3-8,10-14,16,18-21,31H,9,15,17,22-23H2,1-2H3,(H,34,36). The average Bonchev–Trinajstić information content (AvgIpc) is 2.93. The second-order valence-electron chi connectivity index (χ2n) is 9.85.